The summed E-state index contributed by atoms with van der Waals surface area (Å²) in [6, 6.07) is 15.5. The topological polar surface area (TPSA) is 85.2 Å². The molecule has 0 radical (unpaired) electrons. The standard InChI is InChI=1S/C17H15N3O2/c18-10-11-5-7-13(8-6-11)19-17(22)20-16-14-4-2-1-3-12(14)9-15(16)21/h1-8,15-16,21H,9H2,(H2,19,20,22)/t15-,16+/m0/s1. The van der Waals surface area contributed by atoms with Crippen LogP contribution in [0.5, 0.6) is 0 Å². The number of rotatable bonds is 2. The number of urea groups is 1. The minimum Gasteiger partial charge on any atom is -0.390 e. The second kappa shape index (κ2) is 5.88. The van der Waals surface area contributed by atoms with Crippen LogP contribution in [0.1, 0.15) is 22.7 Å². The Hall–Kier alpha value is -2.84. The molecule has 0 spiro atoms. The van der Waals surface area contributed by atoms with Crippen molar-refractivity contribution in [3.8, 4) is 6.07 Å². The molecule has 0 fully saturated rings. The quantitative estimate of drug-likeness (QED) is 0.794. The van der Waals surface area contributed by atoms with Crippen molar-refractivity contribution >= 4 is 11.7 Å². The third kappa shape index (κ3) is 2.78. The van der Waals surface area contributed by atoms with Gasteiger partial charge in [0.2, 0.25) is 0 Å². The average Bonchev–Trinajstić information content (AvgIpc) is 2.84. The number of nitriles is 1. The van der Waals surface area contributed by atoms with E-state index >= 15 is 0 Å². The van der Waals surface area contributed by atoms with Gasteiger partial charge in [0.05, 0.1) is 23.8 Å². The first kappa shape index (κ1) is 14.1. The smallest absolute Gasteiger partial charge is 0.319 e. The van der Waals surface area contributed by atoms with Gasteiger partial charge in [0.1, 0.15) is 0 Å². The summed E-state index contributed by atoms with van der Waals surface area (Å²) in [5.74, 6) is 0. The van der Waals surface area contributed by atoms with Crippen LogP contribution in [0.3, 0.4) is 0 Å². The Balaban J connectivity index is 1.68. The number of hydrogen-bond donors (Lipinski definition) is 3. The molecular formula is C17H15N3O2. The van der Waals surface area contributed by atoms with Crippen LogP contribution in [0.15, 0.2) is 48.5 Å². The summed E-state index contributed by atoms with van der Waals surface area (Å²) in [6.45, 7) is 0. The van der Waals surface area contributed by atoms with Gasteiger partial charge in [0, 0.05) is 12.1 Å². The third-order valence-corrected chi connectivity index (χ3v) is 3.76. The first-order valence-corrected chi connectivity index (χ1v) is 7.01. The summed E-state index contributed by atoms with van der Waals surface area (Å²) in [4.78, 5) is 12.1. The maximum Gasteiger partial charge on any atom is 0.319 e. The molecule has 3 N–H and O–H groups in total. The van der Waals surface area contributed by atoms with E-state index in [1.165, 1.54) is 0 Å². The number of aliphatic hydroxyl groups excluding tert-OH is 1. The van der Waals surface area contributed by atoms with Crippen molar-refractivity contribution in [2.75, 3.05) is 5.32 Å². The van der Waals surface area contributed by atoms with Crippen LogP contribution in [-0.2, 0) is 6.42 Å². The molecule has 1 aliphatic rings. The van der Waals surface area contributed by atoms with Gasteiger partial charge in [-0.2, -0.15) is 5.26 Å². The van der Waals surface area contributed by atoms with Crippen LogP contribution in [0.4, 0.5) is 10.5 Å². The summed E-state index contributed by atoms with van der Waals surface area (Å²) in [5.41, 5.74) is 3.13. The predicted octanol–water partition coefficient (Wildman–Crippen LogP) is 2.34. The van der Waals surface area contributed by atoms with Gasteiger partial charge >= 0.3 is 6.03 Å². The lowest BCUT2D eigenvalue weighted by Crippen LogP contribution is -2.36. The van der Waals surface area contributed by atoms with Crippen molar-refractivity contribution in [1.29, 1.82) is 5.26 Å². The maximum absolute atomic E-state index is 12.1. The normalized spacial score (nSPS) is 19.1. The highest BCUT2D eigenvalue weighted by molar-refractivity contribution is 5.89. The molecule has 22 heavy (non-hydrogen) atoms. The molecule has 5 nitrogen and oxygen atoms in total. The fourth-order valence-corrected chi connectivity index (χ4v) is 2.68. The minimum atomic E-state index is -0.621. The molecule has 0 saturated heterocycles. The molecular weight excluding hydrogens is 278 g/mol. The van der Waals surface area contributed by atoms with E-state index < -0.39 is 12.1 Å². The average molecular weight is 293 g/mol. The molecule has 0 aromatic heterocycles. The Morgan fingerprint density at radius 2 is 1.91 bits per heavy atom. The number of fused-ring (bicyclic) bond motifs is 1. The van der Waals surface area contributed by atoms with Crippen molar-refractivity contribution in [3.05, 3.63) is 65.2 Å². The number of benzene rings is 2. The summed E-state index contributed by atoms with van der Waals surface area (Å²) >= 11 is 0. The van der Waals surface area contributed by atoms with Crippen LogP contribution in [-0.4, -0.2) is 17.2 Å². The van der Waals surface area contributed by atoms with Crippen molar-refractivity contribution in [2.24, 2.45) is 0 Å². The molecule has 110 valence electrons. The highest BCUT2D eigenvalue weighted by Crippen LogP contribution is 2.31. The third-order valence-electron chi connectivity index (χ3n) is 3.76. The summed E-state index contributed by atoms with van der Waals surface area (Å²) in [6.07, 6.45) is -0.0815. The predicted molar refractivity (Wildman–Crippen MR) is 82.2 cm³/mol. The molecule has 3 rings (SSSR count). The summed E-state index contributed by atoms with van der Waals surface area (Å²) in [7, 11) is 0. The number of aliphatic hydroxyl groups is 1. The number of carbonyl (C=O) groups is 1. The van der Waals surface area contributed by atoms with Gasteiger partial charge < -0.3 is 15.7 Å². The molecule has 2 aromatic carbocycles. The van der Waals surface area contributed by atoms with Crippen molar-refractivity contribution < 1.29 is 9.90 Å². The zero-order valence-corrected chi connectivity index (χ0v) is 11.8. The van der Waals surface area contributed by atoms with Gasteiger partial charge in [-0.25, -0.2) is 4.79 Å². The first-order chi connectivity index (χ1) is 10.7. The van der Waals surface area contributed by atoms with Gasteiger partial charge in [-0.15, -0.1) is 0 Å². The fourth-order valence-electron chi connectivity index (χ4n) is 2.68. The van der Waals surface area contributed by atoms with Crippen LogP contribution in [0.2, 0.25) is 0 Å². The molecule has 0 unspecified atom stereocenters. The molecule has 5 heteroatoms. The number of nitrogens with zero attached hydrogens (tertiary/aromatic N) is 1. The fraction of sp³-hybridized carbons (Fsp3) is 0.176. The van der Waals surface area contributed by atoms with Gasteiger partial charge in [-0.1, -0.05) is 24.3 Å². The molecule has 0 aliphatic heterocycles. The van der Waals surface area contributed by atoms with E-state index in [0.717, 1.165) is 11.1 Å². The van der Waals surface area contributed by atoms with E-state index in [1.807, 2.05) is 30.3 Å². The Morgan fingerprint density at radius 1 is 1.18 bits per heavy atom. The van der Waals surface area contributed by atoms with Crippen LogP contribution < -0.4 is 10.6 Å². The van der Waals surface area contributed by atoms with Crippen molar-refractivity contribution in [3.63, 3.8) is 0 Å². The maximum atomic E-state index is 12.1. The second-order valence-corrected chi connectivity index (χ2v) is 5.24. The minimum absolute atomic E-state index is 0.384. The molecule has 0 bridgehead atoms. The highest BCUT2D eigenvalue weighted by atomic mass is 16.3. The number of amides is 2. The van der Waals surface area contributed by atoms with E-state index in [1.54, 1.807) is 24.3 Å². The van der Waals surface area contributed by atoms with Gasteiger partial charge in [0.25, 0.3) is 0 Å². The van der Waals surface area contributed by atoms with Crippen molar-refractivity contribution in [1.82, 2.24) is 5.32 Å². The lowest BCUT2D eigenvalue weighted by molar-refractivity contribution is 0.144. The SMILES string of the molecule is N#Cc1ccc(NC(=O)N[C@@H]2c3ccccc3C[C@@H]2O)cc1. The molecule has 2 amide bonds. The Labute approximate surface area is 128 Å². The number of hydrogen-bond acceptors (Lipinski definition) is 3. The van der Waals surface area contributed by atoms with Crippen LogP contribution in [0.25, 0.3) is 0 Å². The first-order valence-electron chi connectivity index (χ1n) is 7.01. The van der Waals surface area contributed by atoms with Crippen LogP contribution >= 0.6 is 0 Å². The van der Waals surface area contributed by atoms with Gasteiger partial charge in [0.15, 0.2) is 0 Å². The lowest BCUT2D eigenvalue weighted by Gasteiger charge is -2.18. The monoisotopic (exact) mass is 293 g/mol. The number of carbonyl (C=O) groups excluding carboxylic acids is 1. The van der Waals surface area contributed by atoms with E-state index in [0.29, 0.717) is 17.7 Å². The van der Waals surface area contributed by atoms with Gasteiger partial charge in [-0.05, 0) is 35.4 Å². The summed E-state index contributed by atoms with van der Waals surface area (Å²) in [5, 5.41) is 24.4. The Kier molecular flexibility index (Phi) is 3.77. The lowest BCUT2D eigenvalue weighted by atomic mass is 10.1. The Bertz CT molecular complexity index is 734. The zero-order chi connectivity index (χ0) is 15.5. The Morgan fingerprint density at radius 3 is 2.64 bits per heavy atom. The molecule has 0 heterocycles. The van der Waals surface area contributed by atoms with E-state index in [-0.39, 0.29) is 6.03 Å². The molecule has 2 aromatic rings. The molecule has 0 saturated carbocycles. The van der Waals surface area contributed by atoms with E-state index in [9.17, 15) is 9.90 Å². The second-order valence-electron chi connectivity index (χ2n) is 5.24. The molecule has 2 atom stereocenters. The van der Waals surface area contributed by atoms with E-state index in [2.05, 4.69) is 10.6 Å². The van der Waals surface area contributed by atoms with Crippen LogP contribution in [0, 0.1) is 11.3 Å². The molecule has 1 aliphatic carbocycles. The number of anilines is 1. The summed E-state index contributed by atoms with van der Waals surface area (Å²) < 4.78 is 0. The van der Waals surface area contributed by atoms with Crippen molar-refractivity contribution in [2.45, 2.75) is 18.6 Å². The largest absolute Gasteiger partial charge is 0.390 e. The van der Waals surface area contributed by atoms with E-state index in [4.69, 9.17) is 5.26 Å². The number of nitrogens with one attached hydrogen (secondary N) is 2. The highest BCUT2D eigenvalue weighted by Gasteiger charge is 2.31. The zero-order valence-electron chi connectivity index (χ0n) is 11.8. The van der Waals surface area contributed by atoms with Gasteiger partial charge in [-0.3, -0.25) is 0 Å².